The molecule has 0 bridgehead atoms. The molecule has 3 N–H and O–H groups in total. The standard InChI is InChI=1S/C12H16FN3O2/c1-3-16(2)11(17)7-15-12(18)8-4-9(13)6-10(14)5-8/h4-6H,3,7,14H2,1-2H3,(H,15,18). The molecule has 0 unspecified atom stereocenters. The second-order valence-electron chi connectivity index (χ2n) is 3.86. The molecule has 0 saturated carbocycles. The average Bonchev–Trinajstić information content (AvgIpc) is 2.33. The molecule has 1 aromatic carbocycles. The maximum Gasteiger partial charge on any atom is 0.251 e. The summed E-state index contributed by atoms with van der Waals surface area (Å²) in [6.07, 6.45) is 0. The lowest BCUT2D eigenvalue weighted by Crippen LogP contribution is -2.38. The van der Waals surface area contributed by atoms with E-state index in [1.165, 1.54) is 11.0 Å². The molecule has 2 amide bonds. The first kappa shape index (κ1) is 14.0. The Bertz CT molecular complexity index is 442. The Kier molecular flexibility index (Phi) is 4.65. The Morgan fingerprint density at radius 3 is 2.61 bits per heavy atom. The highest BCUT2D eigenvalue weighted by Crippen LogP contribution is 2.10. The molecule has 0 aromatic heterocycles. The molecular formula is C12H16FN3O2. The molecule has 0 aliphatic carbocycles. The molecule has 0 fully saturated rings. The van der Waals surface area contributed by atoms with Crippen LogP contribution in [0.5, 0.6) is 0 Å². The highest BCUT2D eigenvalue weighted by molar-refractivity contribution is 5.97. The van der Waals surface area contributed by atoms with Crippen LogP contribution in [0.1, 0.15) is 17.3 Å². The summed E-state index contributed by atoms with van der Waals surface area (Å²) in [6.45, 7) is 2.26. The van der Waals surface area contributed by atoms with Gasteiger partial charge in [0.2, 0.25) is 5.91 Å². The zero-order chi connectivity index (χ0) is 13.7. The maximum atomic E-state index is 13.0. The topological polar surface area (TPSA) is 75.4 Å². The number of anilines is 1. The first-order valence-corrected chi connectivity index (χ1v) is 5.52. The molecular weight excluding hydrogens is 237 g/mol. The summed E-state index contributed by atoms with van der Waals surface area (Å²) in [7, 11) is 1.63. The number of halogens is 1. The zero-order valence-electron chi connectivity index (χ0n) is 10.4. The Hall–Kier alpha value is -2.11. The van der Waals surface area contributed by atoms with Crippen molar-refractivity contribution < 1.29 is 14.0 Å². The SMILES string of the molecule is CCN(C)C(=O)CNC(=O)c1cc(N)cc(F)c1. The first-order valence-electron chi connectivity index (χ1n) is 5.52. The summed E-state index contributed by atoms with van der Waals surface area (Å²) in [5, 5.41) is 2.42. The van der Waals surface area contributed by atoms with Gasteiger partial charge >= 0.3 is 0 Å². The normalized spacial score (nSPS) is 9.94. The monoisotopic (exact) mass is 253 g/mol. The van der Waals surface area contributed by atoms with Crippen molar-refractivity contribution in [3.63, 3.8) is 0 Å². The van der Waals surface area contributed by atoms with Gasteiger partial charge in [-0.25, -0.2) is 4.39 Å². The van der Waals surface area contributed by atoms with Crippen molar-refractivity contribution in [1.82, 2.24) is 10.2 Å². The van der Waals surface area contributed by atoms with Gasteiger partial charge in [-0.3, -0.25) is 9.59 Å². The number of nitrogens with one attached hydrogen (secondary N) is 1. The largest absolute Gasteiger partial charge is 0.399 e. The van der Waals surface area contributed by atoms with E-state index in [2.05, 4.69) is 5.32 Å². The molecule has 1 aromatic rings. The summed E-state index contributed by atoms with van der Waals surface area (Å²) in [4.78, 5) is 24.6. The Morgan fingerprint density at radius 2 is 2.06 bits per heavy atom. The zero-order valence-corrected chi connectivity index (χ0v) is 10.4. The third-order valence-corrected chi connectivity index (χ3v) is 2.48. The Morgan fingerprint density at radius 1 is 1.39 bits per heavy atom. The third kappa shape index (κ3) is 3.73. The van der Waals surface area contributed by atoms with E-state index in [0.717, 1.165) is 12.1 Å². The van der Waals surface area contributed by atoms with Gasteiger partial charge in [-0.15, -0.1) is 0 Å². The molecule has 0 aliphatic heterocycles. The van der Waals surface area contributed by atoms with Gasteiger partial charge in [0.05, 0.1) is 6.54 Å². The predicted molar refractivity (Wildman–Crippen MR) is 66.5 cm³/mol. The molecule has 0 heterocycles. The lowest BCUT2D eigenvalue weighted by atomic mass is 10.2. The first-order chi connectivity index (χ1) is 8.43. The lowest BCUT2D eigenvalue weighted by Gasteiger charge is -2.14. The average molecular weight is 253 g/mol. The molecule has 0 saturated heterocycles. The summed E-state index contributed by atoms with van der Waals surface area (Å²) in [5.41, 5.74) is 5.69. The molecule has 0 atom stereocenters. The van der Waals surface area contributed by atoms with Gasteiger partial charge in [0.25, 0.3) is 5.91 Å². The number of likely N-dealkylation sites (N-methyl/N-ethyl adjacent to an activating group) is 1. The van der Waals surface area contributed by atoms with Crippen LogP contribution >= 0.6 is 0 Å². The van der Waals surface area contributed by atoms with Crippen molar-refractivity contribution in [2.24, 2.45) is 0 Å². The van der Waals surface area contributed by atoms with Gasteiger partial charge in [0.1, 0.15) is 5.82 Å². The van der Waals surface area contributed by atoms with E-state index in [9.17, 15) is 14.0 Å². The minimum absolute atomic E-state index is 0.0967. The predicted octanol–water partition coefficient (Wildman–Crippen LogP) is 0.616. The number of benzene rings is 1. The number of carbonyl (C=O) groups excluding carboxylic acids is 2. The van der Waals surface area contributed by atoms with Crippen LogP contribution in [0.25, 0.3) is 0 Å². The quantitative estimate of drug-likeness (QED) is 0.772. The lowest BCUT2D eigenvalue weighted by molar-refractivity contribution is -0.128. The van der Waals surface area contributed by atoms with Crippen LogP contribution in [0.2, 0.25) is 0 Å². The van der Waals surface area contributed by atoms with Gasteiger partial charge < -0.3 is 16.0 Å². The van der Waals surface area contributed by atoms with Crippen LogP contribution in [-0.2, 0) is 4.79 Å². The Labute approximate surface area is 105 Å². The number of nitrogens with two attached hydrogens (primary N) is 1. The molecule has 0 aliphatic rings. The van der Waals surface area contributed by atoms with Gasteiger partial charge in [-0.05, 0) is 25.1 Å². The van der Waals surface area contributed by atoms with E-state index >= 15 is 0 Å². The number of nitrogens with zero attached hydrogens (tertiary/aromatic N) is 1. The maximum absolute atomic E-state index is 13.0. The van der Waals surface area contributed by atoms with E-state index in [1.54, 1.807) is 7.05 Å². The summed E-state index contributed by atoms with van der Waals surface area (Å²) < 4.78 is 13.0. The number of rotatable bonds is 4. The van der Waals surface area contributed by atoms with Gasteiger partial charge in [0, 0.05) is 24.8 Å². The van der Waals surface area contributed by atoms with Crippen LogP contribution in [-0.4, -0.2) is 36.9 Å². The fraction of sp³-hybridized carbons (Fsp3) is 0.333. The van der Waals surface area contributed by atoms with Gasteiger partial charge in [-0.1, -0.05) is 0 Å². The molecule has 5 nitrogen and oxygen atoms in total. The van der Waals surface area contributed by atoms with Crippen molar-refractivity contribution in [2.75, 3.05) is 25.9 Å². The smallest absolute Gasteiger partial charge is 0.251 e. The molecule has 1 rings (SSSR count). The summed E-state index contributed by atoms with van der Waals surface area (Å²) in [5.74, 6) is -1.33. The van der Waals surface area contributed by atoms with Crippen LogP contribution in [0, 0.1) is 5.82 Å². The van der Waals surface area contributed by atoms with E-state index in [0.29, 0.717) is 6.54 Å². The second-order valence-corrected chi connectivity index (χ2v) is 3.86. The van der Waals surface area contributed by atoms with Crippen molar-refractivity contribution >= 4 is 17.5 Å². The van der Waals surface area contributed by atoms with Crippen molar-refractivity contribution in [3.8, 4) is 0 Å². The number of amides is 2. The summed E-state index contributed by atoms with van der Waals surface area (Å²) in [6, 6.07) is 3.54. The van der Waals surface area contributed by atoms with Crippen molar-refractivity contribution in [2.45, 2.75) is 6.92 Å². The van der Waals surface area contributed by atoms with Crippen LogP contribution in [0.4, 0.5) is 10.1 Å². The van der Waals surface area contributed by atoms with Gasteiger partial charge in [0.15, 0.2) is 0 Å². The highest BCUT2D eigenvalue weighted by Gasteiger charge is 2.11. The summed E-state index contributed by atoms with van der Waals surface area (Å²) >= 11 is 0. The highest BCUT2D eigenvalue weighted by atomic mass is 19.1. The van der Waals surface area contributed by atoms with Crippen LogP contribution in [0.15, 0.2) is 18.2 Å². The molecule has 18 heavy (non-hydrogen) atoms. The second kappa shape index (κ2) is 6.00. The fourth-order valence-electron chi connectivity index (χ4n) is 1.31. The van der Waals surface area contributed by atoms with Gasteiger partial charge in [-0.2, -0.15) is 0 Å². The molecule has 98 valence electrons. The third-order valence-electron chi connectivity index (χ3n) is 2.48. The van der Waals surface area contributed by atoms with E-state index in [4.69, 9.17) is 5.73 Å². The fourth-order valence-corrected chi connectivity index (χ4v) is 1.31. The minimum atomic E-state index is -0.586. The van der Waals surface area contributed by atoms with Crippen molar-refractivity contribution in [1.29, 1.82) is 0 Å². The molecule has 6 heteroatoms. The van der Waals surface area contributed by atoms with E-state index in [-0.39, 0.29) is 23.7 Å². The van der Waals surface area contributed by atoms with Crippen molar-refractivity contribution in [3.05, 3.63) is 29.6 Å². The molecule has 0 spiro atoms. The number of hydrogen-bond donors (Lipinski definition) is 2. The Balaban J connectivity index is 2.63. The minimum Gasteiger partial charge on any atom is -0.399 e. The van der Waals surface area contributed by atoms with E-state index in [1.807, 2.05) is 6.92 Å². The van der Waals surface area contributed by atoms with Crippen LogP contribution in [0.3, 0.4) is 0 Å². The molecule has 0 radical (unpaired) electrons. The van der Waals surface area contributed by atoms with E-state index < -0.39 is 11.7 Å². The van der Waals surface area contributed by atoms with Crippen LogP contribution < -0.4 is 11.1 Å². The number of carbonyl (C=O) groups is 2. The number of hydrogen-bond acceptors (Lipinski definition) is 3. The number of nitrogen functional groups attached to an aromatic ring is 1.